The second-order valence-electron chi connectivity index (χ2n) is 6.15. The predicted molar refractivity (Wildman–Crippen MR) is 74.1 cm³/mol. The molecule has 0 radical (unpaired) electrons. The maximum Gasteiger partial charge on any atom is 0.419 e. The molecule has 0 spiro atoms. The first-order valence-corrected chi connectivity index (χ1v) is 9.37. The van der Waals surface area contributed by atoms with Crippen molar-refractivity contribution in [2.75, 3.05) is 0 Å². The lowest BCUT2D eigenvalue weighted by atomic mass is 10.2. The Morgan fingerprint density at radius 2 is 2.00 bits per heavy atom. The Bertz CT molecular complexity index is 496. The lowest BCUT2D eigenvalue weighted by Gasteiger charge is -2.18. The van der Waals surface area contributed by atoms with E-state index in [9.17, 15) is 4.79 Å². The van der Waals surface area contributed by atoms with Gasteiger partial charge in [-0.2, -0.15) is 0 Å². The molecule has 0 fully saturated rings. The van der Waals surface area contributed by atoms with Crippen LogP contribution in [0, 0.1) is 11.5 Å². The molecule has 1 rings (SSSR count). The third-order valence-electron chi connectivity index (χ3n) is 1.75. The maximum absolute atomic E-state index is 11.7. The van der Waals surface area contributed by atoms with Gasteiger partial charge in [0.05, 0.1) is 6.20 Å². The smallest absolute Gasteiger partial charge is 0.419 e. The van der Waals surface area contributed by atoms with E-state index in [4.69, 9.17) is 4.74 Å². The van der Waals surface area contributed by atoms with E-state index in [2.05, 4.69) is 36.1 Å². The van der Waals surface area contributed by atoms with E-state index >= 15 is 0 Å². The van der Waals surface area contributed by atoms with E-state index in [1.807, 2.05) is 20.8 Å². The fourth-order valence-electron chi connectivity index (χ4n) is 1.05. The van der Waals surface area contributed by atoms with Crippen molar-refractivity contribution < 1.29 is 9.53 Å². The molecule has 0 saturated heterocycles. The maximum atomic E-state index is 11.7. The van der Waals surface area contributed by atoms with Crippen LogP contribution >= 0.6 is 0 Å². The molecule has 0 aromatic carbocycles. The molecule has 0 atom stereocenters. The van der Waals surface area contributed by atoms with Gasteiger partial charge in [0.25, 0.3) is 0 Å². The fraction of sp³-hybridized carbons (Fsp3) is 0.538. The Kier molecular flexibility index (Phi) is 4.02. The van der Waals surface area contributed by atoms with Crippen LogP contribution in [0.2, 0.25) is 19.6 Å². The average molecular weight is 264 g/mol. The minimum Gasteiger partial charge on any atom is -0.443 e. The second kappa shape index (κ2) is 4.98. The number of rotatable bonds is 0. The van der Waals surface area contributed by atoms with Gasteiger partial charge in [0.2, 0.25) is 0 Å². The van der Waals surface area contributed by atoms with Gasteiger partial charge in [-0.05, 0) is 20.8 Å². The highest BCUT2D eigenvalue weighted by Crippen LogP contribution is 2.09. The molecule has 0 amide bonds. The van der Waals surface area contributed by atoms with Crippen molar-refractivity contribution >= 4 is 14.2 Å². The summed E-state index contributed by atoms with van der Waals surface area (Å²) in [5.74, 6) is 2.99. The zero-order valence-corrected chi connectivity index (χ0v) is 12.9. The van der Waals surface area contributed by atoms with Crippen LogP contribution in [0.1, 0.15) is 26.5 Å². The van der Waals surface area contributed by atoms with E-state index in [0.717, 1.165) is 0 Å². The molecular weight excluding hydrogens is 244 g/mol. The zero-order valence-electron chi connectivity index (χ0n) is 11.9. The molecule has 0 unspecified atom stereocenters. The largest absolute Gasteiger partial charge is 0.443 e. The molecule has 0 bridgehead atoms. The Balaban J connectivity index is 2.80. The Labute approximate surface area is 109 Å². The molecule has 0 saturated carbocycles. The van der Waals surface area contributed by atoms with Crippen molar-refractivity contribution in [2.45, 2.75) is 46.0 Å². The normalized spacial score (nSPS) is 11.7. The highest BCUT2D eigenvalue weighted by atomic mass is 28.3. The molecule has 98 valence electrons. The fourth-order valence-corrected chi connectivity index (χ4v) is 1.56. The van der Waals surface area contributed by atoms with Crippen LogP contribution < -0.4 is 0 Å². The van der Waals surface area contributed by atoms with E-state index in [1.165, 1.54) is 10.9 Å². The molecule has 0 aliphatic rings. The topological polar surface area (TPSA) is 44.1 Å². The summed E-state index contributed by atoms with van der Waals surface area (Å²) in [6.45, 7) is 12.0. The summed E-state index contributed by atoms with van der Waals surface area (Å²) < 4.78 is 6.55. The van der Waals surface area contributed by atoms with Gasteiger partial charge in [-0.1, -0.05) is 25.6 Å². The van der Waals surface area contributed by atoms with Gasteiger partial charge in [-0.15, -0.1) is 5.54 Å². The van der Waals surface area contributed by atoms with E-state index < -0.39 is 19.8 Å². The number of nitrogens with zero attached hydrogens (tertiary/aromatic N) is 2. The molecule has 0 aliphatic carbocycles. The quantitative estimate of drug-likeness (QED) is 0.534. The summed E-state index contributed by atoms with van der Waals surface area (Å²) in [6, 6.07) is 0. The number of imidazole rings is 1. The second-order valence-corrected chi connectivity index (χ2v) is 10.9. The molecule has 1 aromatic heterocycles. The van der Waals surface area contributed by atoms with Crippen LogP contribution in [0.15, 0.2) is 12.5 Å². The van der Waals surface area contributed by atoms with Crippen LogP contribution in [0.3, 0.4) is 0 Å². The summed E-state index contributed by atoms with van der Waals surface area (Å²) in [6.07, 6.45) is 2.60. The van der Waals surface area contributed by atoms with Crippen LogP contribution in [0.25, 0.3) is 0 Å². The standard InChI is InChI=1S/C13H20N2O2Si/c1-13(2,3)17-12(16)15-9-11(14-10-15)7-8-18(4,5)6/h9-10H,1-6H3. The van der Waals surface area contributed by atoms with Gasteiger partial charge in [0.15, 0.2) is 0 Å². The number of carbonyl (C=O) groups excluding carboxylic acids is 1. The molecule has 0 N–H and O–H groups in total. The van der Waals surface area contributed by atoms with Crippen LogP contribution in [-0.2, 0) is 4.74 Å². The SMILES string of the molecule is CC(C)(C)OC(=O)n1cnc(C#C[Si](C)(C)C)c1. The predicted octanol–water partition coefficient (Wildman–Crippen LogP) is 2.90. The number of ether oxygens (including phenoxy) is 1. The summed E-state index contributed by atoms with van der Waals surface area (Å²) in [5, 5.41) is 0. The Hall–Kier alpha value is -1.54. The lowest BCUT2D eigenvalue weighted by Crippen LogP contribution is -2.26. The van der Waals surface area contributed by atoms with Gasteiger partial charge in [0, 0.05) is 0 Å². The minimum absolute atomic E-state index is 0.434. The van der Waals surface area contributed by atoms with Crippen molar-refractivity contribution in [3.63, 3.8) is 0 Å². The first-order valence-electron chi connectivity index (χ1n) is 5.87. The van der Waals surface area contributed by atoms with E-state index in [1.54, 1.807) is 6.20 Å². The minimum atomic E-state index is -1.42. The summed E-state index contributed by atoms with van der Waals surface area (Å²) in [4.78, 5) is 15.8. The monoisotopic (exact) mass is 264 g/mol. The molecule has 4 nitrogen and oxygen atoms in total. The van der Waals surface area contributed by atoms with Gasteiger partial charge in [-0.25, -0.2) is 14.3 Å². The lowest BCUT2D eigenvalue weighted by molar-refractivity contribution is 0.0536. The van der Waals surface area contributed by atoms with Crippen LogP contribution in [0.5, 0.6) is 0 Å². The summed E-state index contributed by atoms with van der Waals surface area (Å²) in [5.41, 5.74) is 3.29. The highest BCUT2D eigenvalue weighted by molar-refractivity contribution is 6.83. The number of aromatic nitrogens is 2. The molecule has 18 heavy (non-hydrogen) atoms. The van der Waals surface area contributed by atoms with Gasteiger partial charge < -0.3 is 4.74 Å². The van der Waals surface area contributed by atoms with Crippen molar-refractivity contribution in [1.82, 2.24) is 9.55 Å². The van der Waals surface area contributed by atoms with Crippen LogP contribution in [0.4, 0.5) is 4.79 Å². The molecular formula is C13H20N2O2Si. The van der Waals surface area contributed by atoms with Crippen molar-refractivity contribution in [3.05, 3.63) is 18.2 Å². The van der Waals surface area contributed by atoms with Gasteiger partial charge in [0.1, 0.15) is 25.7 Å². The molecule has 1 heterocycles. The highest BCUT2D eigenvalue weighted by Gasteiger charge is 2.17. The third kappa shape index (κ3) is 5.19. The Morgan fingerprint density at radius 1 is 1.39 bits per heavy atom. The van der Waals surface area contributed by atoms with Gasteiger partial charge >= 0.3 is 6.09 Å². The van der Waals surface area contributed by atoms with Gasteiger partial charge in [-0.3, -0.25) is 0 Å². The number of hydrogen-bond donors (Lipinski definition) is 0. The van der Waals surface area contributed by atoms with Crippen LogP contribution in [-0.4, -0.2) is 29.3 Å². The van der Waals surface area contributed by atoms with Crippen molar-refractivity contribution in [2.24, 2.45) is 0 Å². The van der Waals surface area contributed by atoms with E-state index in [-0.39, 0.29) is 0 Å². The molecule has 0 aliphatic heterocycles. The number of hydrogen-bond acceptors (Lipinski definition) is 3. The van der Waals surface area contributed by atoms with Crippen molar-refractivity contribution in [1.29, 1.82) is 0 Å². The summed E-state index contributed by atoms with van der Waals surface area (Å²) in [7, 11) is -1.42. The average Bonchev–Trinajstić information content (AvgIpc) is 2.58. The zero-order chi connectivity index (χ0) is 14.0. The van der Waals surface area contributed by atoms with E-state index in [0.29, 0.717) is 5.69 Å². The molecule has 1 aromatic rings. The first kappa shape index (κ1) is 14.5. The Morgan fingerprint density at radius 3 is 2.50 bits per heavy atom. The first-order chi connectivity index (χ1) is 8.07. The van der Waals surface area contributed by atoms with Crippen molar-refractivity contribution in [3.8, 4) is 11.5 Å². The number of carbonyl (C=O) groups is 1. The summed E-state index contributed by atoms with van der Waals surface area (Å²) >= 11 is 0. The third-order valence-corrected chi connectivity index (χ3v) is 2.63. The molecule has 5 heteroatoms.